The van der Waals surface area contributed by atoms with Crippen LogP contribution in [0.4, 0.5) is 0 Å². The first-order valence-electron chi connectivity index (χ1n) is 8.87. The van der Waals surface area contributed by atoms with E-state index < -0.39 is 13.4 Å². The van der Waals surface area contributed by atoms with Gasteiger partial charge in [0.25, 0.3) is 0 Å². The molecule has 0 heterocycles. The van der Waals surface area contributed by atoms with Gasteiger partial charge in [-0.05, 0) is 44.0 Å². The Bertz CT molecular complexity index is 696. The summed E-state index contributed by atoms with van der Waals surface area (Å²) in [6.07, 6.45) is 0. The highest BCUT2D eigenvalue weighted by atomic mass is 31.2. The zero-order valence-electron chi connectivity index (χ0n) is 15.8. The highest BCUT2D eigenvalue weighted by Gasteiger charge is 2.37. The maximum Gasteiger partial charge on any atom is 0.351 e. The van der Waals surface area contributed by atoms with E-state index in [1.54, 1.807) is 7.11 Å². The second kappa shape index (κ2) is 9.89. The number of ether oxygens (including phenoxy) is 1. The zero-order chi connectivity index (χ0) is 19.0. The molecule has 2 aromatic rings. The van der Waals surface area contributed by atoms with Gasteiger partial charge in [-0.3, -0.25) is 9.88 Å². The van der Waals surface area contributed by atoms with E-state index >= 15 is 0 Å². The van der Waals surface area contributed by atoms with Crippen LogP contribution in [-0.4, -0.2) is 20.3 Å². The summed E-state index contributed by atoms with van der Waals surface area (Å²) in [6, 6.07) is 17.5. The minimum atomic E-state index is -3.40. The summed E-state index contributed by atoms with van der Waals surface area (Å²) in [6.45, 7) is 6.29. The Kier molecular flexibility index (Phi) is 7.85. The molecule has 1 N–H and O–H groups in total. The molecule has 2 aromatic carbocycles. The molecule has 0 saturated heterocycles. The van der Waals surface area contributed by atoms with Crippen molar-refractivity contribution in [2.24, 2.45) is 0 Å². The van der Waals surface area contributed by atoms with E-state index in [-0.39, 0.29) is 6.04 Å². The third-order valence-corrected chi connectivity index (χ3v) is 6.39. The fourth-order valence-corrected chi connectivity index (χ4v) is 4.81. The number of hydrogen-bond acceptors (Lipinski definition) is 5. The molecule has 2 atom stereocenters. The smallest absolute Gasteiger partial charge is 0.351 e. The average molecular weight is 377 g/mol. The Morgan fingerprint density at radius 3 is 2.00 bits per heavy atom. The van der Waals surface area contributed by atoms with Crippen LogP contribution in [0.2, 0.25) is 0 Å². The van der Waals surface area contributed by atoms with Crippen molar-refractivity contribution in [3.8, 4) is 5.75 Å². The van der Waals surface area contributed by atoms with Crippen molar-refractivity contribution in [2.75, 3.05) is 20.3 Å². The van der Waals surface area contributed by atoms with Crippen molar-refractivity contribution in [3.05, 3.63) is 65.7 Å². The third kappa shape index (κ3) is 5.18. The maximum absolute atomic E-state index is 13.5. The monoisotopic (exact) mass is 377 g/mol. The lowest BCUT2D eigenvalue weighted by molar-refractivity contribution is 0.205. The van der Waals surface area contributed by atoms with Gasteiger partial charge in [0.05, 0.1) is 20.3 Å². The molecule has 6 heteroatoms. The fourth-order valence-electron chi connectivity index (χ4n) is 2.78. The van der Waals surface area contributed by atoms with Crippen LogP contribution in [0.25, 0.3) is 0 Å². The predicted octanol–water partition coefficient (Wildman–Crippen LogP) is 5.31. The molecule has 142 valence electrons. The third-order valence-electron chi connectivity index (χ3n) is 4.07. The van der Waals surface area contributed by atoms with E-state index in [9.17, 15) is 4.57 Å². The summed E-state index contributed by atoms with van der Waals surface area (Å²) in [5, 5.41) is 3.44. The molecular weight excluding hydrogens is 349 g/mol. The number of hydrogen-bond donors (Lipinski definition) is 1. The van der Waals surface area contributed by atoms with Crippen LogP contribution in [0, 0.1) is 0 Å². The lowest BCUT2D eigenvalue weighted by atomic mass is 10.1. The second-order valence-electron chi connectivity index (χ2n) is 5.85. The van der Waals surface area contributed by atoms with Gasteiger partial charge in [0, 0.05) is 6.04 Å². The molecule has 0 spiro atoms. The molecule has 0 aliphatic heterocycles. The van der Waals surface area contributed by atoms with Gasteiger partial charge >= 0.3 is 7.60 Å². The van der Waals surface area contributed by atoms with Crippen molar-refractivity contribution in [1.29, 1.82) is 0 Å². The van der Waals surface area contributed by atoms with E-state index in [1.807, 2.05) is 75.4 Å². The molecular formula is C20H28NO4P. The second-order valence-corrected chi connectivity index (χ2v) is 7.96. The Balaban J connectivity index is 2.37. The first-order chi connectivity index (χ1) is 12.5. The van der Waals surface area contributed by atoms with Gasteiger partial charge in [0.2, 0.25) is 0 Å². The normalized spacial score (nSPS) is 14.0. The highest BCUT2D eigenvalue weighted by Crippen LogP contribution is 2.60. The van der Waals surface area contributed by atoms with Crippen molar-refractivity contribution in [3.63, 3.8) is 0 Å². The SMILES string of the molecule is CCOP(=O)(OCC)C(NC(C)c1ccccc1)c1ccc(OC)cc1. The number of methoxy groups -OCH3 is 1. The topological polar surface area (TPSA) is 56.8 Å². The van der Waals surface area contributed by atoms with E-state index in [1.165, 1.54) is 0 Å². The van der Waals surface area contributed by atoms with Gasteiger partial charge < -0.3 is 13.8 Å². The number of benzene rings is 2. The lowest BCUT2D eigenvalue weighted by Crippen LogP contribution is -2.26. The molecule has 0 fully saturated rings. The summed E-state index contributed by atoms with van der Waals surface area (Å²) in [5.41, 5.74) is 1.93. The quantitative estimate of drug-likeness (QED) is 0.569. The molecule has 5 nitrogen and oxygen atoms in total. The molecule has 0 aliphatic rings. The van der Waals surface area contributed by atoms with Gasteiger partial charge in [0.15, 0.2) is 0 Å². The number of nitrogens with one attached hydrogen (secondary N) is 1. The molecule has 2 unspecified atom stereocenters. The molecule has 2 rings (SSSR count). The van der Waals surface area contributed by atoms with Crippen molar-refractivity contribution >= 4 is 7.60 Å². The van der Waals surface area contributed by atoms with E-state index in [0.29, 0.717) is 13.2 Å². The Morgan fingerprint density at radius 1 is 0.923 bits per heavy atom. The first-order valence-corrected chi connectivity index (χ1v) is 10.5. The van der Waals surface area contributed by atoms with Gasteiger partial charge in [0.1, 0.15) is 11.5 Å². The van der Waals surface area contributed by atoms with Crippen molar-refractivity contribution in [2.45, 2.75) is 32.6 Å². The number of rotatable bonds is 10. The highest BCUT2D eigenvalue weighted by molar-refractivity contribution is 7.54. The summed E-state index contributed by atoms with van der Waals surface area (Å²) in [7, 11) is -1.78. The Morgan fingerprint density at radius 2 is 1.50 bits per heavy atom. The average Bonchev–Trinajstić information content (AvgIpc) is 2.67. The molecule has 0 saturated carbocycles. The van der Waals surface area contributed by atoms with E-state index in [0.717, 1.165) is 16.9 Å². The van der Waals surface area contributed by atoms with E-state index in [2.05, 4.69) is 5.32 Å². The van der Waals surface area contributed by atoms with Gasteiger partial charge in [-0.2, -0.15) is 0 Å². The summed E-state index contributed by atoms with van der Waals surface area (Å²) in [5.74, 6) is 0.162. The lowest BCUT2D eigenvalue weighted by Gasteiger charge is -2.30. The molecule has 0 bridgehead atoms. The Hall–Kier alpha value is -1.65. The van der Waals surface area contributed by atoms with Crippen LogP contribution < -0.4 is 10.1 Å². The molecule has 0 aromatic heterocycles. The van der Waals surface area contributed by atoms with Crippen LogP contribution in [-0.2, 0) is 13.6 Å². The van der Waals surface area contributed by atoms with Crippen LogP contribution in [0.15, 0.2) is 54.6 Å². The Labute approximate surface area is 156 Å². The minimum Gasteiger partial charge on any atom is -0.497 e. The van der Waals surface area contributed by atoms with Crippen LogP contribution >= 0.6 is 7.60 Å². The molecule has 26 heavy (non-hydrogen) atoms. The summed E-state index contributed by atoms with van der Waals surface area (Å²) >= 11 is 0. The van der Waals surface area contributed by atoms with Crippen LogP contribution in [0.1, 0.15) is 43.7 Å². The fraction of sp³-hybridized carbons (Fsp3) is 0.400. The molecule has 0 radical (unpaired) electrons. The minimum absolute atomic E-state index is 0.0301. The van der Waals surface area contributed by atoms with Crippen molar-refractivity contribution in [1.82, 2.24) is 5.32 Å². The summed E-state index contributed by atoms with van der Waals surface area (Å²) < 4.78 is 30.0. The van der Waals surface area contributed by atoms with Gasteiger partial charge in [-0.15, -0.1) is 0 Å². The first kappa shape index (κ1) is 20.7. The standard InChI is InChI=1S/C20H28NO4P/c1-5-24-26(22,25-6-2)20(18-12-14-19(23-4)15-13-18)21-16(3)17-10-8-7-9-11-17/h7-16,20-21H,5-6H2,1-4H3. The largest absolute Gasteiger partial charge is 0.497 e. The van der Waals surface area contributed by atoms with Crippen molar-refractivity contribution < 1.29 is 18.3 Å². The predicted molar refractivity (Wildman–Crippen MR) is 105 cm³/mol. The van der Waals surface area contributed by atoms with E-state index in [4.69, 9.17) is 13.8 Å². The molecule has 0 aliphatic carbocycles. The van der Waals surface area contributed by atoms with Gasteiger partial charge in [-0.25, -0.2) is 0 Å². The van der Waals surface area contributed by atoms with Crippen LogP contribution in [0.3, 0.4) is 0 Å². The summed E-state index contributed by atoms with van der Waals surface area (Å²) in [4.78, 5) is 0. The van der Waals surface area contributed by atoms with Gasteiger partial charge in [-0.1, -0.05) is 42.5 Å². The molecule has 0 amide bonds. The zero-order valence-corrected chi connectivity index (χ0v) is 16.7. The van der Waals surface area contributed by atoms with Crippen LogP contribution in [0.5, 0.6) is 5.75 Å². The maximum atomic E-state index is 13.5.